The van der Waals surface area contributed by atoms with Gasteiger partial charge in [-0.25, -0.2) is 4.57 Å². The molecule has 0 aromatic carbocycles. The molecule has 0 aromatic rings. The van der Waals surface area contributed by atoms with Crippen LogP contribution in [0.15, 0.2) is 170 Å². The summed E-state index contributed by atoms with van der Waals surface area (Å²) in [5, 5.41) is 13.9. The number of rotatable bonds is 58. The number of amides is 1. The Balaban J connectivity index is 4.25. The van der Waals surface area contributed by atoms with Crippen LogP contribution in [0.3, 0.4) is 0 Å². The zero-order chi connectivity index (χ0) is 60.5. The van der Waals surface area contributed by atoms with Crippen molar-refractivity contribution >= 4 is 13.7 Å². The zero-order valence-electron chi connectivity index (χ0n) is 53.6. The van der Waals surface area contributed by atoms with Crippen molar-refractivity contribution in [2.75, 3.05) is 40.9 Å². The summed E-state index contributed by atoms with van der Waals surface area (Å²) in [7, 11) is 1.51. The molecule has 3 atom stereocenters. The third-order valence-electron chi connectivity index (χ3n) is 13.7. The molecule has 470 valence electrons. The van der Waals surface area contributed by atoms with Gasteiger partial charge in [0, 0.05) is 6.42 Å². The summed E-state index contributed by atoms with van der Waals surface area (Å²) in [5.74, 6) is -0.217. The van der Waals surface area contributed by atoms with Crippen molar-refractivity contribution in [1.29, 1.82) is 0 Å². The number of carbonyl (C=O) groups is 1. The molecule has 0 aliphatic rings. The molecule has 0 fully saturated rings. The number of quaternary nitrogens is 1. The van der Waals surface area contributed by atoms with Gasteiger partial charge in [-0.2, -0.15) is 0 Å². The van der Waals surface area contributed by atoms with E-state index in [4.69, 9.17) is 9.05 Å². The third-order valence-corrected chi connectivity index (χ3v) is 14.7. The van der Waals surface area contributed by atoms with Gasteiger partial charge in [-0.1, -0.05) is 280 Å². The van der Waals surface area contributed by atoms with Crippen LogP contribution in [0.2, 0.25) is 0 Å². The molecule has 0 aliphatic carbocycles. The molecule has 0 saturated carbocycles. The third kappa shape index (κ3) is 65.3. The van der Waals surface area contributed by atoms with Crippen molar-refractivity contribution in [2.24, 2.45) is 0 Å². The first-order chi connectivity index (χ1) is 40.5. The van der Waals surface area contributed by atoms with Gasteiger partial charge in [0.1, 0.15) is 13.2 Å². The highest BCUT2D eigenvalue weighted by Gasteiger charge is 2.27. The molecule has 0 spiro atoms. The van der Waals surface area contributed by atoms with Crippen LogP contribution in [0, 0.1) is 0 Å². The van der Waals surface area contributed by atoms with Crippen molar-refractivity contribution in [2.45, 2.75) is 251 Å². The topological polar surface area (TPSA) is 105 Å². The average Bonchev–Trinajstić information content (AvgIpc) is 3.49. The number of aliphatic hydroxyl groups is 1. The van der Waals surface area contributed by atoms with Crippen molar-refractivity contribution in [3.8, 4) is 0 Å². The molecule has 0 aromatic heterocycles. The standard InChI is InChI=1S/C74H123N2O6P/c1-6-8-10-12-14-16-18-20-22-24-26-28-29-30-31-32-33-34-35-36-37-38-39-40-41-42-43-44-45-46-47-48-50-52-54-56-58-60-62-64-66-68-74(78)75-72(71-82-83(79,80)81-70-69-76(3,4)5)73(77)67-65-63-61-59-57-55-53-51-49-27-25-23-21-19-17-15-13-11-9-7-2/h8,10,14,16,20,22,26,28,30-31,33-34,36-37,39-40,42-43,45-46,48,50,54,56-57,59,65,67,72-73,77H,6-7,9,11-13,15,17-19,21,23-25,27,29,32,35,38,41,44,47,49,51-53,55,58,60-64,66,68-71H2,1-5H3,(H-,75,78,79,80)/p+1/b10-8-,16-14-,22-20-,28-26-,31-30-,34-33-,37-36-,40-39-,43-42-,46-45-,50-48-,56-54-,59-57+,67-65+. The van der Waals surface area contributed by atoms with Crippen LogP contribution in [0.5, 0.6) is 0 Å². The number of phosphoric ester groups is 1. The molecule has 0 rings (SSSR count). The Hall–Kier alpha value is -4.14. The lowest BCUT2D eigenvalue weighted by Gasteiger charge is -2.25. The van der Waals surface area contributed by atoms with Crippen molar-refractivity contribution in [3.63, 3.8) is 0 Å². The Bertz CT molecular complexity index is 1960. The summed E-state index contributed by atoms with van der Waals surface area (Å²) in [4.78, 5) is 23.3. The van der Waals surface area contributed by atoms with Crippen LogP contribution in [0.4, 0.5) is 0 Å². The van der Waals surface area contributed by atoms with E-state index in [2.05, 4.69) is 177 Å². The molecular formula is C74H124N2O6P+. The quantitative estimate of drug-likeness (QED) is 0.0243. The molecule has 0 heterocycles. The summed E-state index contributed by atoms with van der Waals surface area (Å²) >= 11 is 0. The summed E-state index contributed by atoms with van der Waals surface area (Å²) in [6.07, 6.45) is 99.1. The lowest BCUT2D eigenvalue weighted by Crippen LogP contribution is -2.45. The smallest absolute Gasteiger partial charge is 0.387 e. The van der Waals surface area contributed by atoms with E-state index in [9.17, 15) is 19.4 Å². The molecular weight excluding hydrogens is 1040 g/mol. The van der Waals surface area contributed by atoms with Crippen molar-refractivity contribution in [3.05, 3.63) is 170 Å². The summed E-state index contributed by atoms with van der Waals surface area (Å²) in [5.41, 5.74) is 0. The first-order valence-corrected chi connectivity index (χ1v) is 34.5. The van der Waals surface area contributed by atoms with E-state index in [1.54, 1.807) is 6.08 Å². The molecule has 9 heteroatoms. The molecule has 8 nitrogen and oxygen atoms in total. The van der Waals surface area contributed by atoms with Gasteiger partial charge in [0.15, 0.2) is 0 Å². The van der Waals surface area contributed by atoms with Gasteiger partial charge in [0.2, 0.25) is 5.91 Å². The van der Waals surface area contributed by atoms with Crippen LogP contribution >= 0.6 is 7.82 Å². The first kappa shape index (κ1) is 78.9. The number of unbranched alkanes of at least 4 members (excludes halogenated alkanes) is 19. The van der Waals surface area contributed by atoms with E-state index >= 15 is 0 Å². The average molecular weight is 1170 g/mol. The Morgan fingerprint density at radius 2 is 0.735 bits per heavy atom. The highest BCUT2D eigenvalue weighted by atomic mass is 31.2. The second-order valence-corrected chi connectivity index (χ2v) is 24.2. The summed E-state index contributed by atoms with van der Waals surface area (Å²) in [6, 6.07) is -0.891. The number of nitrogens with one attached hydrogen (secondary N) is 1. The normalized spacial score (nSPS) is 14.8. The Morgan fingerprint density at radius 3 is 1.11 bits per heavy atom. The van der Waals surface area contributed by atoms with Gasteiger partial charge in [0.25, 0.3) is 0 Å². The fourth-order valence-electron chi connectivity index (χ4n) is 8.57. The number of hydrogen-bond donors (Lipinski definition) is 3. The molecule has 3 N–H and O–H groups in total. The highest BCUT2D eigenvalue weighted by Crippen LogP contribution is 2.43. The minimum atomic E-state index is -4.38. The lowest BCUT2D eigenvalue weighted by atomic mass is 10.0. The van der Waals surface area contributed by atoms with Crippen LogP contribution < -0.4 is 5.32 Å². The van der Waals surface area contributed by atoms with Crippen molar-refractivity contribution in [1.82, 2.24) is 5.32 Å². The highest BCUT2D eigenvalue weighted by molar-refractivity contribution is 7.47. The molecule has 83 heavy (non-hydrogen) atoms. The Morgan fingerprint density at radius 1 is 0.422 bits per heavy atom. The van der Waals surface area contributed by atoms with E-state index in [1.807, 2.05) is 27.2 Å². The maximum absolute atomic E-state index is 13.0. The van der Waals surface area contributed by atoms with E-state index in [-0.39, 0.29) is 19.1 Å². The number of aliphatic hydroxyl groups excluding tert-OH is 1. The lowest BCUT2D eigenvalue weighted by molar-refractivity contribution is -0.870. The fraction of sp³-hybridized carbons (Fsp3) is 0.608. The number of nitrogens with zero attached hydrogens (tertiary/aromatic N) is 1. The minimum Gasteiger partial charge on any atom is -0.387 e. The van der Waals surface area contributed by atoms with Gasteiger partial charge in [-0.15, -0.1) is 0 Å². The largest absolute Gasteiger partial charge is 0.472 e. The van der Waals surface area contributed by atoms with Gasteiger partial charge < -0.3 is 19.8 Å². The van der Waals surface area contributed by atoms with Crippen LogP contribution in [-0.2, 0) is 18.4 Å². The second kappa shape index (κ2) is 62.4. The minimum absolute atomic E-state index is 0.0419. The Labute approximate surface area is 511 Å². The Kier molecular flexibility index (Phi) is 59.3. The molecule has 0 saturated heterocycles. The molecule has 0 aliphatic heterocycles. The number of carbonyl (C=O) groups excluding carboxylic acids is 1. The zero-order valence-corrected chi connectivity index (χ0v) is 54.5. The number of allylic oxidation sites excluding steroid dienone is 27. The van der Waals surface area contributed by atoms with Gasteiger partial charge >= 0.3 is 7.82 Å². The number of hydrogen-bond acceptors (Lipinski definition) is 5. The van der Waals surface area contributed by atoms with Crippen molar-refractivity contribution < 1.29 is 32.9 Å². The summed E-state index contributed by atoms with van der Waals surface area (Å²) < 4.78 is 23.7. The summed E-state index contributed by atoms with van der Waals surface area (Å²) in [6.45, 7) is 4.65. The first-order valence-electron chi connectivity index (χ1n) is 33.0. The van der Waals surface area contributed by atoms with Crippen LogP contribution in [0.25, 0.3) is 0 Å². The predicted octanol–water partition coefficient (Wildman–Crippen LogP) is 21.2. The molecule has 0 radical (unpaired) electrons. The van der Waals surface area contributed by atoms with Gasteiger partial charge in [-0.3, -0.25) is 13.8 Å². The second-order valence-electron chi connectivity index (χ2n) is 22.7. The van der Waals surface area contributed by atoms with E-state index in [0.717, 1.165) is 128 Å². The molecule has 3 unspecified atom stereocenters. The number of phosphoric acid groups is 1. The van der Waals surface area contributed by atoms with E-state index in [0.29, 0.717) is 17.4 Å². The fourth-order valence-corrected chi connectivity index (χ4v) is 9.30. The predicted molar refractivity (Wildman–Crippen MR) is 363 cm³/mol. The molecule has 1 amide bonds. The monoisotopic (exact) mass is 1170 g/mol. The van der Waals surface area contributed by atoms with Crippen LogP contribution in [-0.4, -0.2) is 73.4 Å². The van der Waals surface area contributed by atoms with Crippen LogP contribution in [0.1, 0.15) is 239 Å². The maximum Gasteiger partial charge on any atom is 0.472 e. The van der Waals surface area contributed by atoms with Gasteiger partial charge in [-0.05, 0) is 122 Å². The molecule has 0 bridgehead atoms. The number of likely N-dealkylation sites (N-methyl/N-ethyl adjacent to an activating group) is 1. The maximum atomic E-state index is 13.0. The van der Waals surface area contributed by atoms with E-state index < -0.39 is 20.0 Å². The van der Waals surface area contributed by atoms with Gasteiger partial charge in [0.05, 0.1) is 39.9 Å². The van der Waals surface area contributed by atoms with E-state index in [1.165, 1.54) is 89.9 Å². The SMILES string of the molecule is CC/C=C\C/C=C\C/C=C\C/C=C\C/C=C\C/C=C\C/C=C\C/C=C\C/C=C\C/C=C\C/C=C\C/C=C\CCCCCCC(=O)NC(COP(=O)(O)OCC[N+](C)(C)C)C(O)/C=C/CC/C=C/CCCCCCCCCCCCCCCC.